The van der Waals surface area contributed by atoms with Crippen molar-refractivity contribution in [2.75, 3.05) is 11.8 Å². The number of sulfonamides is 1. The molecule has 0 atom stereocenters. The Hall–Kier alpha value is -2.21. The van der Waals surface area contributed by atoms with E-state index in [2.05, 4.69) is 4.72 Å². The number of para-hydroxylation sites is 1. The lowest BCUT2D eigenvalue weighted by Crippen LogP contribution is -2.13. The molecule has 26 heavy (non-hydrogen) atoms. The van der Waals surface area contributed by atoms with Crippen LogP contribution in [0.2, 0.25) is 10.0 Å². The summed E-state index contributed by atoms with van der Waals surface area (Å²) in [6.07, 6.45) is 0. The summed E-state index contributed by atoms with van der Waals surface area (Å²) < 4.78 is 33.1. The number of hydrogen-bond acceptors (Lipinski definition) is 3. The first-order valence-corrected chi connectivity index (χ1v) is 9.86. The predicted molar refractivity (Wildman–Crippen MR) is 106 cm³/mol. The maximum Gasteiger partial charge on any atom is 0.261 e. The number of nitrogens with one attached hydrogen (secondary N) is 1. The SMILES string of the molecule is COc1c(Cl)cc(-c2ccccc2NS(=O)(=O)c2ccccc2)cc1Cl. The van der Waals surface area contributed by atoms with Gasteiger partial charge in [-0.25, -0.2) is 8.42 Å². The van der Waals surface area contributed by atoms with E-state index in [0.29, 0.717) is 32.6 Å². The van der Waals surface area contributed by atoms with Crippen molar-refractivity contribution in [1.29, 1.82) is 0 Å². The standard InChI is InChI=1S/C19H15Cl2NO3S/c1-25-19-16(20)11-13(12-17(19)21)15-9-5-6-10-18(15)22-26(23,24)14-7-3-2-4-8-14/h2-12,22H,1H3. The van der Waals surface area contributed by atoms with Gasteiger partial charge in [0.05, 0.1) is 27.7 Å². The molecule has 0 amide bonds. The summed E-state index contributed by atoms with van der Waals surface area (Å²) in [5.41, 5.74) is 1.75. The van der Waals surface area contributed by atoms with Gasteiger partial charge >= 0.3 is 0 Å². The Labute approximate surface area is 162 Å². The van der Waals surface area contributed by atoms with Gasteiger partial charge in [-0.15, -0.1) is 0 Å². The molecule has 3 aromatic carbocycles. The summed E-state index contributed by atoms with van der Waals surface area (Å²) in [6, 6.07) is 18.6. The molecule has 0 aromatic heterocycles. The average molecular weight is 408 g/mol. The molecule has 0 heterocycles. The molecule has 3 aromatic rings. The number of halogens is 2. The van der Waals surface area contributed by atoms with Gasteiger partial charge in [0.1, 0.15) is 0 Å². The van der Waals surface area contributed by atoms with Crippen molar-refractivity contribution in [2.45, 2.75) is 4.90 Å². The topological polar surface area (TPSA) is 55.4 Å². The third kappa shape index (κ3) is 3.80. The van der Waals surface area contributed by atoms with E-state index in [4.69, 9.17) is 27.9 Å². The minimum Gasteiger partial charge on any atom is -0.494 e. The molecule has 0 aliphatic carbocycles. The van der Waals surface area contributed by atoms with Gasteiger partial charge in [0.15, 0.2) is 5.75 Å². The zero-order valence-electron chi connectivity index (χ0n) is 13.7. The normalized spacial score (nSPS) is 11.2. The van der Waals surface area contributed by atoms with Crippen LogP contribution in [0.5, 0.6) is 5.75 Å². The highest BCUT2D eigenvalue weighted by molar-refractivity contribution is 7.92. The zero-order chi connectivity index (χ0) is 18.7. The van der Waals surface area contributed by atoms with Crippen molar-refractivity contribution in [1.82, 2.24) is 0 Å². The Morgan fingerprint density at radius 1 is 0.885 bits per heavy atom. The molecule has 134 valence electrons. The molecule has 0 bridgehead atoms. The van der Waals surface area contributed by atoms with Crippen molar-refractivity contribution >= 4 is 38.9 Å². The van der Waals surface area contributed by atoms with Gasteiger partial charge in [0, 0.05) is 5.56 Å². The number of rotatable bonds is 5. The van der Waals surface area contributed by atoms with E-state index in [9.17, 15) is 8.42 Å². The quantitative estimate of drug-likeness (QED) is 0.609. The van der Waals surface area contributed by atoms with Crippen molar-refractivity contribution in [3.05, 3.63) is 76.8 Å². The molecule has 0 aliphatic heterocycles. The summed E-state index contributed by atoms with van der Waals surface area (Å²) in [5, 5.41) is 0.687. The smallest absolute Gasteiger partial charge is 0.261 e. The summed E-state index contributed by atoms with van der Waals surface area (Å²) in [6.45, 7) is 0. The van der Waals surface area contributed by atoms with E-state index in [1.54, 1.807) is 48.5 Å². The van der Waals surface area contributed by atoms with Gasteiger partial charge in [0.25, 0.3) is 10.0 Å². The fraction of sp³-hybridized carbons (Fsp3) is 0.0526. The van der Waals surface area contributed by atoms with Crippen molar-refractivity contribution < 1.29 is 13.2 Å². The minimum atomic E-state index is -3.72. The first kappa shape index (κ1) is 18.6. The first-order chi connectivity index (χ1) is 12.4. The van der Waals surface area contributed by atoms with E-state index in [-0.39, 0.29) is 4.90 Å². The van der Waals surface area contributed by atoms with Crippen LogP contribution >= 0.6 is 23.2 Å². The summed E-state index contributed by atoms with van der Waals surface area (Å²) in [7, 11) is -2.24. The lowest BCUT2D eigenvalue weighted by Gasteiger charge is -2.14. The predicted octanol–water partition coefficient (Wildman–Crippen LogP) is 5.47. The number of benzene rings is 3. The van der Waals surface area contributed by atoms with Crippen molar-refractivity contribution in [3.63, 3.8) is 0 Å². The molecule has 1 N–H and O–H groups in total. The summed E-state index contributed by atoms with van der Waals surface area (Å²) in [5.74, 6) is 0.374. The summed E-state index contributed by atoms with van der Waals surface area (Å²) >= 11 is 12.4. The van der Waals surface area contributed by atoms with Crippen LogP contribution in [0.15, 0.2) is 71.6 Å². The third-order valence-corrected chi connectivity index (χ3v) is 5.68. The Kier molecular flexibility index (Phi) is 5.41. The highest BCUT2D eigenvalue weighted by atomic mass is 35.5. The highest BCUT2D eigenvalue weighted by Crippen LogP contribution is 2.39. The van der Waals surface area contributed by atoms with E-state index in [0.717, 1.165) is 0 Å². The fourth-order valence-corrected chi connectivity index (χ4v) is 4.28. The number of hydrogen-bond donors (Lipinski definition) is 1. The van der Waals surface area contributed by atoms with Gasteiger partial charge < -0.3 is 4.74 Å². The van der Waals surface area contributed by atoms with Crippen molar-refractivity contribution in [2.24, 2.45) is 0 Å². The lowest BCUT2D eigenvalue weighted by atomic mass is 10.0. The van der Waals surface area contributed by atoms with Crippen LogP contribution in [-0.2, 0) is 10.0 Å². The second kappa shape index (κ2) is 7.58. The monoisotopic (exact) mass is 407 g/mol. The molecular weight excluding hydrogens is 393 g/mol. The largest absolute Gasteiger partial charge is 0.494 e. The van der Waals surface area contributed by atoms with Gasteiger partial charge in [-0.05, 0) is 35.9 Å². The maximum absolute atomic E-state index is 12.6. The van der Waals surface area contributed by atoms with E-state index in [1.165, 1.54) is 19.2 Å². The van der Waals surface area contributed by atoms with Crippen molar-refractivity contribution in [3.8, 4) is 16.9 Å². The lowest BCUT2D eigenvalue weighted by molar-refractivity contribution is 0.415. The average Bonchev–Trinajstić information content (AvgIpc) is 2.62. The first-order valence-electron chi connectivity index (χ1n) is 7.62. The number of ether oxygens (including phenoxy) is 1. The second-order valence-electron chi connectivity index (χ2n) is 5.44. The molecule has 0 radical (unpaired) electrons. The maximum atomic E-state index is 12.6. The van der Waals surface area contributed by atoms with E-state index in [1.807, 2.05) is 6.07 Å². The third-order valence-electron chi connectivity index (χ3n) is 3.74. The molecule has 0 saturated heterocycles. The molecule has 4 nitrogen and oxygen atoms in total. The Morgan fingerprint density at radius 2 is 1.46 bits per heavy atom. The van der Waals surface area contributed by atoms with E-state index >= 15 is 0 Å². The van der Waals surface area contributed by atoms with Gasteiger partial charge in [-0.2, -0.15) is 0 Å². The van der Waals surface area contributed by atoms with Crippen LogP contribution in [0, 0.1) is 0 Å². The molecule has 7 heteroatoms. The second-order valence-corrected chi connectivity index (χ2v) is 7.93. The number of anilines is 1. The Morgan fingerprint density at radius 3 is 2.08 bits per heavy atom. The van der Waals surface area contributed by atoms with Crippen LogP contribution in [0.25, 0.3) is 11.1 Å². The number of methoxy groups -OCH3 is 1. The highest BCUT2D eigenvalue weighted by Gasteiger charge is 2.17. The van der Waals surface area contributed by atoms with Gasteiger partial charge in [0.2, 0.25) is 0 Å². The van der Waals surface area contributed by atoms with Gasteiger partial charge in [-0.3, -0.25) is 4.72 Å². The molecule has 3 rings (SSSR count). The van der Waals surface area contributed by atoms with Gasteiger partial charge in [-0.1, -0.05) is 59.6 Å². The van der Waals surface area contributed by atoms with Crippen LogP contribution < -0.4 is 9.46 Å². The summed E-state index contributed by atoms with van der Waals surface area (Å²) in [4.78, 5) is 0.181. The van der Waals surface area contributed by atoms with Crippen LogP contribution in [0.3, 0.4) is 0 Å². The molecule has 0 unspecified atom stereocenters. The Bertz CT molecular complexity index is 1010. The molecule has 0 fully saturated rings. The van der Waals surface area contributed by atoms with E-state index < -0.39 is 10.0 Å². The molecule has 0 aliphatic rings. The van der Waals surface area contributed by atoms with Crippen LogP contribution in [-0.4, -0.2) is 15.5 Å². The molecular formula is C19H15Cl2NO3S. The van der Waals surface area contributed by atoms with Crippen LogP contribution in [0.4, 0.5) is 5.69 Å². The molecule has 0 saturated carbocycles. The Balaban J connectivity index is 2.05. The van der Waals surface area contributed by atoms with Crippen LogP contribution in [0.1, 0.15) is 0 Å². The minimum absolute atomic E-state index is 0.181. The molecule has 0 spiro atoms. The fourth-order valence-electron chi connectivity index (χ4n) is 2.54. The zero-order valence-corrected chi connectivity index (χ0v) is 16.1.